The van der Waals surface area contributed by atoms with Gasteiger partial charge in [0.15, 0.2) is 0 Å². The van der Waals surface area contributed by atoms with Crippen LogP contribution >= 0.6 is 15.9 Å². The first-order valence-electron chi connectivity index (χ1n) is 7.24. The van der Waals surface area contributed by atoms with Gasteiger partial charge in [-0.05, 0) is 55.1 Å². The molecule has 0 saturated carbocycles. The average molecular weight is 332 g/mol. The van der Waals surface area contributed by atoms with E-state index in [9.17, 15) is 0 Å². The first-order valence-corrected chi connectivity index (χ1v) is 8.03. The summed E-state index contributed by atoms with van der Waals surface area (Å²) in [5.41, 5.74) is 4.17. The Hall–Kier alpha value is -1.12. The van der Waals surface area contributed by atoms with Crippen LogP contribution in [0.25, 0.3) is 0 Å². The molecule has 0 spiro atoms. The minimum absolute atomic E-state index is 0.427. The zero-order valence-corrected chi connectivity index (χ0v) is 13.8. The zero-order chi connectivity index (χ0) is 14.4. The number of benzene rings is 2. The van der Waals surface area contributed by atoms with Gasteiger partial charge >= 0.3 is 0 Å². The van der Waals surface area contributed by atoms with Crippen LogP contribution in [-0.2, 0) is 6.42 Å². The summed E-state index contributed by atoms with van der Waals surface area (Å²) in [6.07, 6.45) is 2.18. The van der Waals surface area contributed by atoms with Crippen molar-refractivity contribution in [2.24, 2.45) is 0 Å². The van der Waals surface area contributed by atoms with E-state index in [-0.39, 0.29) is 0 Å². The van der Waals surface area contributed by atoms with Crippen molar-refractivity contribution in [3.05, 3.63) is 69.7 Å². The molecule has 0 radical (unpaired) electrons. The Balaban J connectivity index is 1.93. The normalized spacial score (nSPS) is 12.3. The Kier molecular flexibility index (Phi) is 5.81. The highest BCUT2D eigenvalue weighted by Crippen LogP contribution is 2.20. The van der Waals surface area contributed by atoms with Gasteiger partial charge in [-0.3, -0.25) is 0 Å². The van der Waals surface area contributed by atoms with Crippen LogP contribution in [0.1, 0.15) is 36.1 Å². The predicted molar refractivity (Wildman–Crippen MR) is 90.1 cm³/mol. The van der Waals surface area contributed by atoms with Crippen LogP contribution in [0.3, 0.4) is 0 Å². The van der Waals surface area contributed by atoms with E-state index >= 15 is 0 Å². The molecule has 0 bridgehead atoms. The van der Waals surface area contributed by atoms with Crippen LogP contribution < -0.4 is 5.32 Å². The van der Waals surface area contributed by atoms with Crippen LogP contribution in [0.4, 0.5) is 0 Å². The lowest BCUT2D eigenvalue weighted by Gasteiger charge is -2.18. The monoisotopic (exact) mass is 331 g/mol. The van der Waals surface area contributed by atoms with Gasteiger partial charge < -0.3 is 5.32 Å². The van der Waals surface area contributed by atoms with Crippen LogP contribution in [0.15, 0.2) is 53.0 Å². The molecule has 1 N–H and O–H groups in total. The maximum absolute atomic E-state index is 3.67. The molecule has 2 aromatic rings. The fourth-order valence-electron chi connectivity index (χ4n) is 2.49. The van der Waals surface area contributed by atoms with E-state index in [1.54, 1.807) is 0 Å². The Morgan fingerprint density at radius 1 is 1.10 bits per heavy atom. The van der Waals surface area contributed by atoms with E-state index in [2.05, 4.69) is 83.6 Å². The van der Waals surface area contributed by atoms with Gasteiger partial charge in [0.25, 0.3) is 0 Å². The number of nitrogens with one attached hydrogen (secondary N) is 1. The van der Waals surface area contributed by atoms with Crippen molar-refractivity contribution in [2.45, 2.75) is 32.7 Å². The molecule has 20 heavy (non-hydrogen) atoms. The quantitative estimate of drug-likeness (QED) is 0.781. The maximum Gasteiger partial charge on any atom is 0.0318 e. The third-order valence-corrected chi connectivity index (χ3v) is 4.20. The van der Waals surface area contributed by atoms with E-state index < -0.39 is 0 Å². The fraction of sp³-hybridized carbons (Fsp3) is 0.333. The Labute approximate surface area is 130 Å². The molecule has 0 amide bonds. The van der Waals surface area contributed by atoms with Gasteiger partial charge in [-0.25, -0.2) is 0 Å². The lowest BCUT2D eigenvalue weighted by Crippen LogP contribution is -2.23. The van der Waals surface area contributed by atoms with Crippen molar-refractivity contribution in [2.75, 3.05) is 6.54 Å². The summed E-state index contributed by atoms with van der Waals surface area (Å²) in [6, 6.07) is 17.6. The molecule has 0 heterocycles. The zero-order valence-electron chi connectivity index (χ0n) is 12.2. The van der Waals surface area contributed by atoms with Gasteiger partial charge in [0, 0.05) is 10.5 Å². The molecule has 0 aliphatic heterocycles. The fourth-order valence-corrected chi connectivity index (χ4v) is 2.91. The van der Waals surface area contributed by atoms with Gasteiger partial charge in [0.1, 0.15) is 0 Å². The lowest BCUT2D eigenvalue weighted by atomic mass is 10.0. The van der Waals surface area contributed by atoms with Crippen molar-refractivity contribution >= 4 is 15.9 Å². The van der Waals surface area contributed by atoms with Crippen LogP contribution in [0.2, 0.25) is 0 Å². The second-order valence-electron chi connectivity index (χ2n) is 5.15. The van der Waals surface area contributed by atoms with Crippen molar-refractivity contribution in [1.82, 2.24) is 5.32 Å². The molecule has 2 rings (SSSR count). The van der Waals surface area contributed by atoms with Gasteiger partial charge in [-0.15, -0.1) is 0 Å². The smallest absolute Gasteiger partial charge is 0.0318 e. The first kappa shape index (κ1) is 15.3. The van der Waals surface area contributed by atoms with Gasteiger partial charge in [-0.2, -0.15) is 0 Å². The maximum atomic E-state index is 3.67. The number of hydrogen-bond donors (Lipinski definition) is 1. The van der Waals surface area contributed by atoms with E-state index in [1.165, 1.54) is 16.7 Å². The van der Waals surface area contributed by atoms with Gasteiger partial charge in [0.05, 0.1) is 0 Å². The third kappa shape index (κ3) is 4.19. The van der Waals surface area contributed by atoms with E-state index in [1.807, 2.05) is 0 Å². The lowest BCUT2D eigenvalue weighted by molar-refractivity contribution is 0.522. The van der Waals surface area contributed by atoms with Crippen molar-refractivity contribution in [3.63, 3.8) is 0 Å². The summed E-state index contributed by atoms with van der Waals surface area (Å²) in [5.74, 6) is 0. The van der Waals surface area contributed by atoms with E-state index in [0.717, 1.165) is 23.9 Å². The SMILES string of the molecule is CCC(NCCc1ccccc1C)c1cccc(Br)c1. The molecule has 1 nitrogen and oxygen atoms in total. The molecule has 106 valence electrons. The molecule has 1 atom stereocenters. The first-order chi connectivity index (χ1) is 9.70. The summed E-state index contributed by atoms with van der Waals surface area (Å²) in [6.45, 7) is 5.42. The number of hydrogen-bond acceptors (Lipinski definition) is 1. The molecule has 0 aliphatic rings. The Morgan fingerprint density at radius 2 is 1.90 bits per heavy atom. The molecular formula is C18H22BrN. The molecule has 0 fully saturated rings. The second-order valence-corrected chi connectivity index (χ2v) is 6.06. The highest BCUT2D eigenvalue weighted by atomic mass is 79.9. The largest absolute Gasteiger partial charge is 0.310 e. The Morgan fingerprint density at radius 3 is 2.60 bits per heavy atom. The van der Waals surface area contributed by atoms with Gasteiger partial charge in [-0.1, -0.05) is 59.3 Å². The minimum atomic E-state index is 0.427. The molecular weight excluding hydrogens is 310 g/mol. The van der Waals surface area contributed by atoms with Crippen molar-refractivity contribution in [3.8, 4) is 0 Å². The molecule has 0 aromatic heterocycles. The highest BCUT2D eigenvalue weighted by Gasteiger charge is 2.08. The predicted octanol–water partition coefficient (Wildman–Crippen LogP) is 5.04. The molecule has 0 saturated heterocycles. The standard InChI is InChI=1S/C18H22BrN/c1-3-18(16-9-6-10-17(19)13-16)20-12-11-15-8-5-4-7-14(15)2/h4-10,13,18,20H,3,11-12H2,1-2H3. The van der Waals surface area contributed by atoms with Gasteiger partial charge in [0.2, 0.25) is 0 Å². The van der Waals surface area contributed by atoms with Crippen molar-refractivity contribution in [1.29, 1.82) is 0 Å². The van der Waals surface area contributed by atoms with E-state index in [4.69, 9.17) is 0 Å². The topological polar surface area (TPSA) is 12.0 Å². The molecule has 2 aromatic carbocycles. The number of aryl methyl sites for hydroxylation is 1. The number of rotatable bonds is 6. The average Bonchev–Trinajstić information content (AvgIpc) is 2.45. The molecule has 0 aliphatic carbocycles. The van der Waals surface area contributed by atoms with Crippen LogP contribution in [0, 0.1) is 6.92 Å². The molecule has 2 heteroatoms. The summed E-state index contributed by atoms with van der Waals surface area (Å²) in [5, 5.41) is 3.67. The summed E-state index contributed by atoms with van der Waals surface area (Å²) in [4.78, 5) is 0. The highest BCUT2D eigenvalue weighted by molar-refractivity contribution is 9.10. The molecule has 1 unspecified atom stereocenters. The number of halogens is 1. The van der Waals surface area contributed by atoms with Crippen LogP contribution in [0.5, 0.6) is 0 Å². The van der Waals surface area contributed by atoms with E-state index in [0.29, 0.717) is 6.04 Å². The third-order valence-electron chi connectivity index (χ3n) is 3.71. The minimum Gasteiger partial charge on any atom is -0.310 e. The second kappa shape index (κ2) is 7.61. The summed E-state index contributed by atoms with van der Waals surface area (Å²) in [7, 11) is 0. The van der Waals surface area contributed by atoms with Crippen molar-refractivity contribution < 1.29 is 0 Å². The van der Waals surface area contributed by atoms with Crippen LogP contribution in [-0.4, -0.2) is 6.54 Å². The summed E-state index contributed by atoms with van der Waals surface area (Å²) >= 11 is 3.55. The Bertz CT molecular complexity index is 551. The summed E-state index contributed by atoms with van der Waals surface area (Å²) < 4.78 is 1.15.